The van der Waals surface area contributed by atoms with Crippen molar-refractivity contribution in [2.24, 2.45) is 0 Å². The summed E-state index contributed by atoms with van der Waals surface area (Å²) >= 11 is 0. The summed E-state index contributed by atoms with van der Waals surface area (Å²) in [6.07, 6.45) is -2.97. The number of carbonyl (C=O) groups is 2. The van der Waals surface area contributed by atoms with E-state index in [1.807, 2.05) is 0 Å². The predicted molar refractivity (Wildman–Crippen MR) is 94.8 cm³/mol. The van der Waals surface area contributed by atoms with Gasteiger partial charge in [-0.05, 0) is 36.6 Å². The molecule has 2 aromatic rings. The molecule has 28 heavy (non-hydrogen) atoms. The van der Waals surface area contributed by atoms with Crippen LogP contribution in [0.3, 0.4) is 0 Å². The lowest BCUT2D eigenvalue weighted by Gasteiger charge is -2.34. The maximum atomic E-state index is 14.0. The quantitative estimate of drug-likeness (QED) is 0.775. The maximum absolute atomic E-state index is 14.0. The predicted octanol–water partition coefficient (Wildman–Crippen LogP) is 4.54. The number of nitrogens with zero attached hydrogens (tertiary/aromatic N) is 1. The Bertz CT molecular complexity index is 868. The molecule has 1 N–H and O–H groups in total. The summed E-state index contributed by atoms with van der Waals surface area (Å²) in [5, 5.41) is 2.23. The highest BCUT2D eigenvalue weighted by Gasteiger charge is 2.34. The Morgan fingerprint density at radius 1 is 1.07 bits per heavy atom. The zero-order valence-corrected chi connectivity index (χ0v) is 14.8. The molecule has 2 aromatic carbocycles. The molecule has 0 saturated carbocycles. The maximum Gasteiger partial charge on any atom is 0.416 e. The minimum atomic E-state index is -4.67. The average Bonchev–Trinajstić information content (AvgIpc) is 2.65. The molecule has 1 fully saturated rings. The van der Waals surface area contributed by atoms with Gasteiger partial charge in [-0.1, -0.05) is 30.3 Å². The first-order valence-corrected chi connectivity index (χ1v) is 8.79. The molecule has 4 nitrogen and oxygen atoms in total. The molecule has 1 heterocycles. The molecule has 0 spiro atoms. The van der Waals surface area contributed by atoms with Crippen molar-refractivity contribution in [3.8, 4) is 0 Å². The molecule has 1 aliphatic heterocycles. The van der Waals surface area contributed by atoms with Gasteiger partial charge in [-0.3, -0.25) is 9.59 Å². The molecule has 1 aliphatic rings. The molecule has 8 heteroatoms. The number of nitrogens with one attached hydrogen (secondary N) is 1. The Labute approximate surface area is 159 Å². The van der Waals surface area contributed by atoms with Crippen LogP contribution in [0, 0.1) is 5.82 Å². The van der Waals surface area contributed by atoms with Crippen molar-refractivity contribution in [1.82, 2.24) is 4.90 Å². The summed E-state index contributed by atoms with van der Waals surface area (Å²) in [7, 11) is 0. The number of rotatable bonds is 4. The van der Waals surface area contributed by atoms with Crippen LogP contribution in [0.4, 0.5) is 23.2 Å². The number of hydrogen-bond acceptors (Lipinski definition) is 2. The second-order valence-corrected chi connectivity index (χ2v) is 6.54. The first-order chi connectivity index (χ1) is 13.3. The number of amides is 2. The summed E-state index contributed by atoms with van der Waals surface area (Å²) in [6.45, 7) is 0.344. The Morgan fingerprint density at radius 3 is 2.43 bits per heavy atom. The molecule has 0 aromatic heterocycles. The Kier molecular flexibility index (Phi) is 5.67. The topological polar surface area (TPSA) is 49.4 Å². The Balaban J connectivity index is 1.93. The standard InChI is InChI=1S/C20H18F4N2O2/c21-15-10-9-14(20(22,23)24)12-16(15)25-19(28)18(13-6-2-1-3-7-13)26-11-5-4-8-17(26)27/h1-3,6-7,9-10,12,18H,4-5,8,11H2,(H,25,28). The van der Waals surface area contributed by atoms with Crippen LogP contribution in [0.1, 0.15) is 36.4 Å². The third kappa shape index (κ3) is 4.32. The number of alkyl halides is 3. The first kappa shape index (κ1) is 19.9. The van der Waals surface area contributed by atoms with Crippen molar-refractivity contribution in [3.05, 3.63) is 65.5 Å². The second kappa shape index (κ2) is 8.00. The van der Waals surface area contributed by atoms with Crippen LogP contribution < -0.4 is 5.32 Å². The van der Waals surface area contributed by atoms with Gasteiger partial charge in [0.05, 0.1) is 11.3 Å². The fourth-order valence-corrected chi connectivity index (χ4v) is 3.21. The molecule has 148 valence electrons. The van der Waals surface area contributed by atoms with Crippen LogP contribution in [-0.4, -0.2) is 23.3 Å². The van der Waals surface area contributed by atoms with Gasteiger partial charge in [0.25, 0.3) is 5.91 Å². The van der Waals surface area contributed by atoms with Gasteiger partial charge in [0.2, 0.25) is 5.91 Å². The number of carbonyl (C=O) groups excluding carboxylic acids is 2. The minimum Gasteiger partial charge on any atom is -0.327 e. The molecule has 1 atom stereocenters. The van der Waals surface area contributed by atoms with Crippen LogP contribution in [-0.2, 0) is 15.8 Å². The van der Waals surface area contributed by atoms with Gasteiger partial charge >= 0.3 is 6.18 Å². The van der Waals surface area contributed by atoms with E-state index in [1.165, 1.54) is 4.90 Å². The summed E-state index contributed by atoms with van der Waals surface area (Å²) in [4.78, 5) is 26.6. The number of anilines is 1. The Hall–Kier alpha value is -2.90. The highest BCUT2D eigenvalue weighted by atomic mass is 19.4. The largest absolute Gasteiger partial charge is 0.416 e. The van der Waals surface area contributed by atoms with E-state index in [2.05, 4.69) is 5.32 Å². The van der Waals surface area contributed by atoms with E-state index < -0.39 is 35.2 Å². The molecule has 3 rings (SSSR count). The number of piperidine rings is 1. The van der Waals surface area contributed by atoms with Gasteiger partial charge in [0, 0.05) is 13.0 Å². The first-order valence-electron chi connectivity index (χ1n) is 8.79. The minimum absolute atomic E-state index is 0.222. The Morgan fingerprint density at radius 2 is 1.79 bits per heavy atom. The van der Waals surface area contributed by atoms with Gasteiger partial charge in [-0.25, -0.2) is 4.39 Å². The van der Waals surface area contributed by atoms with Gasteiger partial charge in [0.1, 0.15) is 11.9 Å². The number of likely N-dealkylation sites (tertiary alicyclic amines) is 1. The lowest BCUT2D eigenvalue weighted by molar-refractivity contribution is -0.141. The van der Waals surface area contributed by atoms with Gasteiger partial charge in [-0.2, -0.15) is 13.2 Å². The van der Waals surface area contributed by atoms with E-state index >= 15 is 0 Å². The summed E-state index contributed by atoms with van der Waals surface area (Å²) < 4.78 is 52.8. The number of benzene rings is 2. The third-order valence-electron chi connectivity index (χ3n) is 4.59. The van der Waals surface area contributed by atoms with Crippen molar-refractivity contribution in [2.75, 3.05) is 11.9 Å². The van der Waals surface area contributed by atoms with Crippen LogP contribution in [0.2, 0.25) is 0 Å². The monoisotopic (exact) mass is 394 g/mol. The van der Waals surface area contributed by atoms with Gasteiger partial charge < -0.3 is 10.2 Å². The van der Waals surface area contributed by atoms with E-state index in [0.717, 1.165) is 0 Å². The fraction of sp³-hybridized carbons (Fsp3) is 0.300. The molecular weight excluding hydrogens is 376 g/mol. The van der Waals surface area contributed by atoms with Crippen molar-refractivity contribution in [2.45, 2.75) is 31.5 Å². The lowest BCUT2D eigenvalue weighted by Crippen LogP contribution is -2.43. The zero-order valence-electron chi connectivity index (χ0n) is 14.8. The van der Waals surface area contributed by atoms with Crippen LogP contribution in [0.25, 0.3) is 0 Å². The number of halogens is 4. The second-order valence-electron chi connectivity index (χ2n) is 6.54. The highest BCUT2D eigenvalue weighted by Crippen LogP contribution is 2.33. The third-order valence-corrected chi connectivity index (χ3v) is 4.59. The summed E-state index contributed by atoms with van der Waals surface area (Å²) in [5.74, 6) is -1.97. The van der Waals surface area contributed by atoms with Crippen molar-refractivity contribution >= 4 is 17.5 Å². The van der Waals surface area contributed by atoms with E-state index in [9.17, 15) is 27.2 Å². The van der Waals surface area contributed by atoms with Crippen molar-refractivity contribution < 1.29 is 27.2 Å². The number of hydrogen-bond donors (Lipinski definition) is 1. The lowest BCUT2D eigenvalue weighted by atomic mass is 10.00. The summed E-state index contributed by atoms with van der Waals surface area (Å²) in [5.41, 5.74) is -1.15. The normalized spacial score (nSPS) is 16.0. The van der Waals surface area contributed by atoms with E-state index in [0.29, 0.717) is 43.1 Å². The molecule has 0 radical (unpaired) electrons. The smallest absolute Gasteiger partial charge is 0.327 e. The highest BCUT2D eigenvalue weighted by molar-refractivity contribution is 5.98. The summed E-state index contributed by atoms with van der Waals surface area (Å²) in [6, 6.07) is 9.17. The van der Waals surface area contributed by atoms with Gasteiger partial charge in [0.15, 0.2) is 0 Å². The van der Waals surface area contributed by atoms with Crippen LogP contribution in [0.15, 0.2) is 48.5 Å². The van der Waals surface area contributed by atoms with E-state index in [1.54, 1.807) is 30.3 Å². The molecule has 0 aliphatic carbocycles. The molecule has 1 saturated heterocycles. The van der Waals surface area contributed by atoms with E-state index in [4.69, 9.17) is 0 Å². The van der Waals surface area contributed by atoms with Gasteiger partial charge in [-0.15, -0.1) is 0 Å². The molecule has 1 unspecified atom stereocenters. The zero-order chi connectivity index (χ0) is 20.3. The van der Waals surface area contributed by atoms with E-state index in [-0.39, 0.29) is 12.3 Å². The van der Waals surface area contributed by atoms with Crippen molar-refractivity contribution in [3.63, 3.8) is 0 Å². The molecule has 2 amide bonds. The SMILES string of the molecule is O=C(Nc1cc(C(F)(F)F)ccc1F)C(c1ccccc1)N1CCCCC1=O. The fourth-order valence-electron chi connectivity index (χ4n) is 3.21. The molecular formula is C20H18F4N2O2. The average molecular weight is 394 g/mol. The van der Waals surface area contributed by atoms with Crippen LogP contribution >= 0.6 is 0 Å². The van der Waals surface area contributed by atoms with Crippen molar-refractivity contribution in [1.29, 1.82) is 0 Å². The molecule has 0 bridgehead atoms. The van der Waals surface area contributed by atoms with Crippen LogP contribution in [0.5, 0.6) is 0 Å².